The first-order valence-electron chi connectivity index (χ1n) is 6.25. The highest BCUT2D eigenvalue weighted by Crippen LogP contribution is 2.32. The molecule has 2 N–H and O–H groups in total. The zero-order valence-electron chi connectivity index (χ0n) is 11.5. The van der Waals surface area contributed by atoms with Crippen LogP contribution in [0.25, 0.3) is 0 Å². The van der Waals surface area contributed by atoms with Crippen LogP contribution < -0.4 is 15.2 Å². The lowest BCUT2D eigenvalue weighted by molar-refractivity contribution is 0.378. The highest BCUT2D eigenvalue weighted by molar-refractivity contribution is 5.48. The van der Waals surface area contributed by atoms with E-state index in [1.807, 2.05) is 31.2 Å². The van der Waals surface area contributed by atoms with Crippen molar-refractivity contribution >= 4 is 0 Å². The zero-order valence-corrected chi connectivity index (χ0v) is 11.5. The summed E-state index contributed by atoms with van der Waals surface area (Å²) in [6.07, 6.45) is 0. The summed E-state index contributed by atoms with van der Waals surface area (Å²) in [7, 11) is 1.54. The predicted octanol–water partition coefficient (Wildman–Crippen LogP) is 3.38. The van der Waals surface area contributed by atoms with Crippen LogP contribution in [0.2, 0.25) is 0 Å². The summed E-state index contributed by atoms with van der Waals surface area (Å²) >= 11 is 0. The van der Waals surface area contributed by atoms with E-state index >= 15 is 0 Å². The van der Waals surface area contributed by atoms with Gasteiger partial charge in [0.25, 0.3) is 0 Å². The summed E-state index contributed by atoms with van der Waals surface area (Å²) in [5.74, 6) is 1.79. The molecule has 20 heavy (non-hydrogen) atoms. The summed E-state index contributed by atoms with van der Waals surface area (Å²) in [6, 6.07) is 14.7. The molecule has 0 spiro atoms. The standard InChI is InChI=1S/C16H16N2O2/c1-11(18)13-4-6-14(7-5-13)20-15-8-3-12(10-17)9-16(15)19-2/h3-9,11H,18H2,1-2H3/t11-/m0/s1. The molecule has 0 saturated heterocycles. The van der Waals surface area contributed by atoms with E-state index in [1.54, 1.807) is 25.3 Å². The molecule has 102 valence electrons. The van der Waals surface area contributed by atoms with Crippen molar-refractivity contribution in [3.05, 3.63) is 53.6 Å². The molecule has 0 aliphatic rings. The van der Waals surface area contributed by atoms with Crippen LogP contribution in [-0.2, 0) is 0 Å². The Morgan fingerprint density at radius 3 is 2.35 bits per heavy atom. The van der Waals surface area contributed by atoms with E-state index in [0.29, 0.717) is 22.8 Å². The van der Waals surface area contributed by atoms with E-state index in [9.17, 15) is 0 Å². The lowest BCUT2D eigenvalue weighted by Gasteiger charge is -2.11. The predicted molar refractivity (Wildman–Crippen MR) is 76.8 cm³/mol. The second-order valence-corrected chi connectivity index (χ2v) is 4.44. The second-order valence-electron chi connectivity index (χ2n) is 4.44. The fourth-order valence-corrected chi connectivity index (χ4v) is 1.79. The molecule has 2 aromatic carbocycles. The molecule has 0 saturated carbocycles. The van der Waals surface area contributed by atoms with Crippen LogP contribution in [0.4, 0.5) is 0 Å². The lowest BCUT2D eigenvalue weighted by Crippen LogP contribution is -2.04. The number of nitrogens with two attached hydrogens (primary N) is 1. The topological polar surface area (TPSA) is 68.3 Å². The van der Waals surface area contributed by atoms with Crippen molar-refractivity contribution in [3.63, 3.8) is 0 Å². The van der Waals surface area contributed by atoms with Gasteiger partial charge in [-0.25, -0.2) is 0 Å². The molecule has 4 nitrogen and oxygen atoms in total. The first-order chi connectivity index (χ1) is 9.63. The Morgan fingerprint density at radius 1 is 1.10 bits per heavy atom. The van der Waals surface area contributed by atoms with Gasteiger partial charge in [0.1, 0.15) is 5.75 Å². The fourth-order valence-electron chi connectivity index (χ4n) is 1.79. The van der Waals surface area contributed by atoms with Crippen molar-refractivity contribution in [2.75, 3.05) is 7.11 Å². The number of methoxy groups -OCH3 is 1. The number of benzene rings is 2. The number of hydrogen-bond acceptors (Lipinski definition) is 4. The van der Waals surface area contributed by atoms with E-state index in [0.717, 1.165) is 5.56 Å². The fraction of sp³-hybridized carbons (Fsp3) is 0.188. The molecule has 0 aromatic heterocycles. The van der Waals surface area contributed by atoms with Crippen molar-refractivity contribution in [1.29, 1.82) is 5.26 Å². The van der Waals surface area contributed by atoms with Gasteiger partial charge in [-0.2, -0.15) is 5.26 Å². The molecule has 2 rings (SSSR count). The molecule has 0 heterocycles. The van der Waals surface area contributed by atoms with E-state index < -0.39 is 0 Å². The number of rotatable bonds is 4. The molecule has 0 aliphatic carbocycles. The molecule has 1 atom stereocenters. The molecule has 4 heteroatoms. The number of ether oxygens (including phenoxy) is 2. The van der Waals surface area contributed by atoms with E-state index in [1.165, 1.54) is 0 Å². The number of hydrogen-bond donors (Lipinski definition) is 1. The van der Waals surface area contributed by atoms with E-state index in [2.05, 4.69) is 6.07 Å². The third-order valence-corrected chi connectivity index (χ3v) is 2.93. The first-order valence-corrected chi connectivity index (χ1v) is 6.25. The Labute approximate surface area is 118 Å². The average Bonchev–Trinajstić information content (AvgIpc) is 2.48. The van der Waals surface area contributed by atoms with Crippen molar-refractivity contribution in [2.45, 2.75) is 13.0 Å². The molecule has 2 aromatic rings. The van der Waals surface area contributed by atoms with Gasteiger partial charge in [-0.3, -0.25) is 0 Å². The third-order valence-electron chi connectivity index (χ3n) is 2.93. The molecule has 0 amide bonds. The van der Waals surface area contributed by atoms with Crippen molar-refractivity contribution in [1.82, 2.24) is 0 Å². The Kier molecular flexibility index (Phi) is 4.24. The normalized spacial score (nSPS) is 11.5. The summed E-state index contributed by atoms with van der Waals surface area (Å²) in [6.45, 7) is 1.93. The lowest BCUT2D eigenvalue weighted by atomic mass is 10.1. The van der Waals surface area contributed by atoms with Gasteiger partial charge in [0, 0.05) is 12.1 Å². The zero-order chi connectivity index (χ0) is 14.5. The van der Waals surface area contributed by atoms with Crippen molar-refractivity contribution < 1.29 is 9.47 Å². The van der Waals surface area contributed by atoms with Gasteiger partial charge in [0.2, 0.25) is 0 Å². The van der Waals surface area contributed by atoms with Crippen LogP contribution >= 0.6 is 0 Å². The second kappa shape index (κ2) is 6.09. The summed E-state index contributed by atoms with van der Waals surface area (Å²) in [5.41, 5.74) is 7.38. The highest BCUT2D eigenvalue weighted by atomic mass is 16.5. The molecule has 0 aliphatic heterocycles. The number of nitriles is 1. The Morgan fingerprint density at radius 2 is 1.80 bits per heavy atom. The minimum Gasteiger partial charge on any atom is -0.493 e. The van der Waals surface area contributed by atoms with Gasteiger partial charge in [0.05, 0.1) is 18.7 Å². The molecular weight excluding hydrogens is 252 g/mol. The minimum absolute atomic E-state index is 0.00602. The van der Waals surface area contributed by atoms with Crippen LogP contribution in [-0.4, -0.2) is 7.11 Å². The van der Waals surface area contributed by atoms with Crippen molar-refractivity contribution in [3.8, 4) is 23.3 Å². The maximum atomic E-state index is 8.86. The molecular formula is C16H16N2O2. The van der Waals surface area contributed by atoms with Gasteiger partial charge < -0.3 is 15.2 Å². The van der Waals surface area contributed by atoms with Crippen LogP contribution in [0.1, 0.15) is 24.1 Å². The third kappa shape index (κ3) is 3.08. The largest absolute Gasteiger partial charge is 0.493 e. The Balaban J connectivity index is 2.23. The van der Waals surface area contributed by atoms with Crippen LogP contribution in [0.3, 0.4) is 0 Å². The summed E-state index contributed by atoms with van der Waals surface area (Å²) in [4.78, 5) is 0. The monoisotopic (exact) mass is 268 g/mol. The average molecular weight is 268 g/mol. The quantitative estimate of drug-likeness (QED) is 0.923. The molecule has 0 unspecified atom stereocenters. The SMILES string of the molecule is COc1cc(C#N)ccc1Oc1ccc([C@H](C)N)cc1. The van der Waals surface area contributed by atoms with Gasteiger partial charge in [-0.05, 0) is 36.8 Å². The smallest absolute Gasteiger partial charge is 0.169 e. The number of nitrogens with zero attached hydrogens (tertiary/aromatic N) is 1. The Hall–Kier alpha value is -2.51. The maximum absolute atomic E-state index is 8.86. The van der Waals surface area contributed by atoms with Crippen LogP contribution in [0.15, 0.2) is 42.5 Å². The van der Waals surface area contributed by atoms with Crippen LogP contribution in [0.5, 0.6) is 17.2 Å². The molecule has 0 radical (unpaired) electrons. The minimum atomic E-state index is -0.00602. The van der Waals surface area contributed by atoms with Gasteiger partial charge >= 0.3 is 0 Å². The van der Waals surface area contributed by atoms with Crippen LogP contribution in [0, 0.1) is 11.3 Å². The van der Waals surface area contributed by atoms with Gasteiger partial charge in [0.15, 0.2) is 11.5 Å². The molecule has 0 fully saturated rings. The summed E-state index contributed by atoms with van der Waals surface area (Å²) < 4.78 is 11.0. The first kappa shape index (κ1) is 13.9. The molecule has 0 bridgehead atoms. The van der Waals surface area contributed by atoms with E-state index in [-0.39, 0.29) is 6.04 Å². The van der Waals surface area contributed by atoms with Gasteiger partial charge in [-0.15, -0.1) is 0 Å². The Bertz CT molecular complexity index is 628. The summed E-state index contributed by atoms with van der Waals surface area (Å²) in [5, 5.41) is 8.86. The van der Waals surface area contributed by atoms with Gasteiger partial charge in [-0.1, -0.05) is 12.1 Å². The van der Waals surface area contributed by atoms with E-state index in [4.69, 9.17) is 20.5 Å². The maximum Gasteiger partial charge on any atom is 0.169 e. The highest BCUT2D eigenvalue weighted by Gasteiger charge is 2.07. The van der Waals surface area contributed by atoms with Crippen molar-refractivity contribution in [2.24, 2.45) is 5.73 Å².